The van der Waals surface area contributed by atoms with Gasteiger partial charge in [0.25, 0.3) is 0 Å². The molecule has 2 aliphatic rings. The molecule has 2 aliphatic heterocycles. The molecular formula is C24H27Cl2FN2O6S. The van der Waals surface area contributed by atoms with Gasteiger partial charge in [0, 0.05) is 13.1 Å². The SMILES string of the molecule is O=C(C[C@@H]1CC[C@@H]2[C@H](COC[C@@H](O)CN2S(=O)(=O)c2ccc(F)cc2)O1)NCc1ccc(Cl)c(Cl)c1. The number of hydrogen-bond donors (Lipinski definition) is 2. The number of sulfonamides is 1. The second-order valence-corrected chi connectivity index (χ2v) is 11.6. The summed E-state index contributed by atoms with van der Waals surface area (Å²) in [5.74, 6) is -0.767. The van der Waals surface area contributed by atoms with Crippen LogP contribution >= 0.6 is 23.2 Å². The molecule has 0 spiro atoms. The van der Waals surface area contributed by atoms with Gasteiger partial charge in [0.15, 0.2) is 0 Å². The van der Waals surface area contributed by atoms with Crippen molar-refractivity contribution in [1.29, 1.82) is 0 Å². The summed E-state index contributed by atoms with van der Waals surface area (Å²) < 4.78 is 53.1. The highest BCUT2D eigenvalue weighted by Crippen LogP contribution is 2.31. The first-order valence-electron chi connectivity index (χ1n) is 11.5. The van der Waals surface area contributed by atoms with Gasteiger partial charge in [0.2, 0.25) is 15.9 Å². The van der Waals surface area contributed by atoms with Gasteiger partial charge >= 0.3 is 0 Å². The van der Waals surface area contributed by atoms with Crippen LogP contribution in [0.25, 0.3) is 0 Å². The summed E-state index contributed by atoms with van der Waals surface area (Å²) in [6.45, 7) is 0.105. The normalized spacial score (nSPS) is 25.4. The Morgan fingerprint density at radius 2 is 1.86 bits per heavy atom. The van der Waals surface area contributed by atoms with Crippen molar-refractivity contribution in [1.82, 2.24) is 9.62 Å². The Balaban J connectivity index is 1.42. The molecule has 0 unspecified atom stereocenters. The highest BCUT2D eigenvalue weighted by atomic mass is 35.5. The van der Waals surface area contributed by atoms with Gasteiger partial charge in [0.1, 0.15) is 5.82 Å². The third kappa shape index (κ3) is 6.55. The molecular weight excluding hydrogens is 534 g/mol. The molecule has 196 valence electrons. The van der Waals surface area contributed by atoms with Crippen LogP contribution in [-0.4, -0.2) is 67.8 Å². The zero-order valence-electron chi connectivity index (χ0n) is 19.3. The number of fused-ring (bicyclic) bond motifs is 1. The molecule has 0 aliphatic carbocycles. The molecule has 2 saturated heterocycles. The molecule has 4 atom stereocenters. The molecule has 36 heavy (non-hydrogen) atoms. The largest absolute Gasteiger partial charge is 0.389 e. The Morgan fingerprint density at radius 1 is 1.11 bits per heavy atom. The second-order valence-electron chi connectivity index (χ2n) is 8.89. The Labute approximate surface area is 219 Å². The monoisotopic (exact) mass is 560 g/mol. The molecule has 2 heterocycles. The van der Waals surface area contributed by atoms with Gasteiger partial charge < -0.3 is 19.9 Å². The molecule has 0 aromatic heterocycles. The Morgan fingerprint density at radius 3 is 2.58 bits per heavy atom. The number of halogens is 3. The minimum Gasteiger partial charge on any atom is -0.389 e. The zero-order valence-corrected chi connectivity index (χ0v) is 21.6. The molecule has 8 nitrogen and oxygen atoms in total. The van der Waals surface area contributed by atoms with Gasteiger partial charge in [-0.3, -0.25) is 4.79 Å². The molecule has 0 bridgehead atoms. The van der Waals surface area contributed by atoms with Crippen LogP contribution in [0.1, 0.15) is 24.8 Å². The molecule has 12 heteroatoms. The molecule has 4 rings (SSSR count). The minimum atomic E-state index is -4.04. The van der Waals surface area contributed by atoms with E-state index in [1.54, 1.807) is 18.2 Å². The minimum absolute atomic E-state index is 0.0587. The van der Waals surface area contributed by atoms with E-state index in [0.717, 1.165) is 17.7 Å². The van der Waals surface area contributed by atoms with E-state index in [1.165, 1.54) is 16.4 Å². The average Bonchev–Trinajstić information content (AvgIpc) is 2.83. The van der Waals surface area contributed by atoms with E-state index < -0.39 is 40.2 Å². The molecule has 0 saturated carbocycles. The summed E-state index contributed by atoms with van der Waals surface area (Å²) >= 11 is 11.9. The number of benzene rings is 2. The lowest BCUT2D eigenvalue weighted by molar-refractivity contribution is -0.146. The lowest BCUT2D eigenvalue weighted by Gasteiger charge is -2.43. The number of aliphatic hydroxyl groups excluding tert-OH is 1. The van der Waals surface area contributed by atoms with E-state index in [9.17, 15) is 22.7 Å². The maximum absolute atomic E-state index is 13.4. The molecule has 2 aromatic rings. The first-order valence-corrected chi connectivity index (χ1v) is 13.7. The fraction of sp³-hybridized carbons (Fsp3) is 0.458. The van der Waals surface area contributed by atoms with Gasteiger partial charge in [-0.2, -0.15) is 4.31 Å². The van der Waals surface area contributed by atoms with Crippen molar-refractivity contribution in [2.24, 2.45) is 0 Å². The van der Waals surface area contributed by atoms with Crippen LogP contribution in [0.4, 0.5) is 4.39 Å². The predicted molar refractivity (Wildman–Crippen MR) is 132 cm³/mol. The van der Waals surface area contributed by atoms with Crippen LogP contribution in [0.5, 0.6) is 0 Å². The van der Waals surface area contributed by atoms with Crippen molar-refractivity contribution in [2.45, 2.75) is 55.1 Å². The number of amides is 1. The van der Waals surface area contributed by atoms with Crippen molar-refractivity contribution < 1.29 is 32.2 Å². The molecule has 0 radical (unpaired) electrons. The molecule has 1 amide bonds. The fourth-order valence-electron chi connectivity index (χ4n) is 4.44. The van der Waals surface area contributed by atoms with E-state index in [-0.39, 0.29) is 43.5 Å². The number of nitrogens with one attached hydrogen (secondary N) is 1. The summed E-state index contributed by atoms with van der Waals surface area (Å²) in [7, 11) is -4.04. The number of ether oxygens (including phenoxy) is 2. The lowest BCUT2D eigenvalue weighted by Crippen LogP contribution is -2.57. The number of β-amino-alcohol motifs (C(OH)–C–C–N with tert-alkyl or cyclic N) is 1. The number of rotatable bonds is 6. The number of hydrogen-bond acceptors (Lipinski definition) is 6. The van der Waals surface area contributed by atoms with Crippen molar-refractivity contribution in [3.8, 4) is 0 Å². The van der Waals surface area contributed by atoms with Gasteiger partial charge in [0.05, 0.1) is 58.9 Å². The number of nitrogens with zero attached hydrogens (tertiary/aromatic N) is 1. The van der Waals surface area contributed by atoms with Gasteiger partial charge in [-0.15, -0.1) is 0 Å². The molecule has 2 aromatic carbocycles. The average molecular weight is 561 g/mol. The van der Waals surface area contributed by atoms with E-state index in [2.05, 4.69) is 5.32 Å². The number of aliphatic hydroxyl groups is 1. The van der Waals surface area contributed by atoms with E-state index in [1.807, 2.05) is 0 Å². The Bertz CT molecular complexity index is 1180. The maximum Gasteiger partial charge on any atom is 0.243 e. The zero-order chi connectivity index (χ0) is 25.9. The van der Waals surface area contributed by atoms with Crippen LogP contribution in [0.3, 0.4) is 0 Å². The smallest absolute Gasteiger partial charge is 0.243 e. The summed E-state index contributed by atoms with van der Waals surface area (Å²) in [5.41, 5.74) is 0.802. The third-order valence-corrected chi connectivity index (χ3v) is 8.88. The first kappa shape index (κ1) is 27.3. The summed E-state index contributed by atoms with van der Waals surface area (Å²) in [4.78, 5) is 12.5. The van der Waals surface area contributed by atoms with Gasteiger partial charge in [-0.1, -0.05) is 29.3 Å². The third-order valence-electron chi connectivity index (χ3n) is 6.24. The fourth-order valence-corrected chi connectivity index (χ4v) is 6.48. The van der Waals surface area contributed by atoms with E-state index >= 15 is 0 Å². The lowest BCUT2D eigenvalue weighted by atomic mass is 9.96. The van der Waals surface area contributed by atoms with Gasteiger partial charge in [-0.05, 0) is 54.8 Å². The Hall–Kier alpha value is -1.79. The van der Waals surface area contributed by atoms with Crippen molar-refractivity contribution >= 4 is 39.1 Å². The summed E-state index contributed by atoms with van der Waals surface area (Å²) in [6, 6.07) is 9.07. The van der Waals surface area contributed by atoms with Crippen molar-refractivity contribution in [2.75, 3.05) is 19.8 Å². The van der Waals surface area contributed by atoms with Crippen LogP contribution in [0, 0.1) is 5.82 Å². The topological polar surface area (TPSA) is 105 Å². The summed E-state index contributed by atoms with van der Waals surface area (Å²) in [5, 5.41) is 13.9. The standard InChI is InChI=1S/C24H27Cl2FN2O6S/c25-20-7-1-15(9-21(20)26)11-28-24(31)10-18-4-8-22-23(35-18)14-34-13-17(30)12-29(22)36(32,33)19-5-2-16(27)3-6-19/h1-3,5-7,9,17-18,22-23,30H,4,8,10-14H2,(H,28,31)/t17-,18-,22+,23-/m0/s1. The first-order chi connectivity index (χ1) is 17.1. The van der Waals surface area contributed by atoms with Gasteiger partial charge in [-0.25, -0.2) is 12.8 Å². The van der Waals surface area contributed by atoms with Crippen molar-refractivity contribution in [3.05, 3.63) is 63.9 Å². The maximum atomic E-state index is 13.4. The number of carbonyl (C=O) groups excluding carboxylic acids is 1. The van der Waals surface area contributed by atoms with E-state index in [4.69, 9.17) is 32.7 Å². The second kappa shape index (κ2) is 11.7. The highest BCUT2D eigenvalue weighted by Gasteiger charge is 2.43. The highest BCUT2D eigenvalue weighted by molar-refractivity contribution is 7.89. The number of carbonyl (C=O) groups is 1. The van der Waals surface area contributed by atoms with Crippen LogP contribution < -0.4 is 5.32 Å². The van der Waals surface area contributed by atoms with Crippen molar-refractivity contribution in [3.63, 3.8) is 0 Å². The van der Waals surface area contributed by atoms with Crippen LogP contribution in [-0.2, 0) is 30.8 Å². The predicted octanol–water partition coefficient (Wildman–Crippen LogP) is 3.14. The quantitative estimate of drug-likeness (QED) is 0.562. The molecule has 2 N–H and O–H groups in total. The Kier molecular flexibility index (Phi) is 8.87. The van der Waals surface area contributed by atoms with Crippen LogP contribution in [0.2, 0.25) is 10.0 Å². The molecule has 2 fully saturated rings. The summed E-state index contributed by atoms with van der Waals surface area (Å²) in [6.07, 6.45) is -1.14. The van der Waals surface area contributed by atoms with Crippen LogP contribution in [0.15, 0.2) is 47.4 Å². The van der Waals surface area contributed by atoms with E-state index in [0.29, 0.717) is 22.9 Å².